The molecule has 2 N–H and O–H groups in total. The number of guanidine groups is 1. The molecule has 0 bridgehead atoms. The standard InChI is InChI=1S/C15H25N3/c1-6-16-14(18-15(3,4)5)17-11-13-10-8-7-9-12(13)2/h7-10H,6,11H2,1-5H3,(H2,16,17,18). The average molecular weight is 247 g/mol. The number of nitrogens with one attached hydrogen (secondary N) is 2. The van der Waals surface area contributed by atoms with E-state index in [0.29, 0.717) is 6.54 Å². The largest absolute Gasteiger partial charge is 0.357 e. The second-order valence-corrected chi connectivity index (χ2v) is 5.50. The molecule has 0 amide bonds. The zero-order chi connectivity index (χ0) is 13.6. The lowest BCUT2D eigenvalue weighted by molar-refractivity contribution is 0.501. The maximum atomic E-state index is 4.62. The maximum absolute atomic E-state index is 4.62. The van der Waals surface area contributed by atoms with Crippen molar-refractivity contribution in [3.63, 3.8) is 0 Å². The summed E-state index contributed by atoms with van der Waals surface area (Å²) in [6.07, 6.45) is 0. The van der Waals surface area contributed by atoms with Gasteiger partial charge in [0, 0.05) is 12.1 Å². The monoisotopic (exact) mass is 247 g/mol. The van der Waals surface area contributed by atoms with Crippen LogP contribution in [-0.2, 0) is 6.54 Å². The van der Waals surface area contributed by atoms with Gasteiger partial charge in [-0.15, -0.1) is 0 Å². The highest BCUT2D eigenvalue weighted by Crippen LogP contribution is 2.08. The van der Waals surface area contributed by atoms with Gasteiger partial charge in [-0.2, -0.15) is 0 Å². The van der Waals surface area contributed by atoms with E-state index < -0.39 is 0 Å². The predicted molar refractivity (Wildman–Crippen MR) is 78.9 cm³/mol. The molecule has 100 valence electrons. The van der Waals surface area contributed by atoms with Crippen LogP contribution >= 0.6 is 0 Å². The second-order valence-electron chi connectivity index (χ2n) is 5.50. The third kappa shape index (κ3) is 5.21. The van der Waals surface area contributed by atoms with Gasteiger partial charge >= 0.3 is 0 Å². The number of nitrogens with zero attached hydrogens (tertiary/aromatic N) is 1. The van der Waals surface area contributed by atoms with Crippen molar-refractivity contribution in [2.75, 3.05) is 6.54 Å². The van der Waals surface area contributed by atoms with Crippen LogP contribution in [0.25, 0.3) is 0 Å². The van der Waals surface area contributed by atoms with Gasteiger partial charge in [-0.05, 0) is 45.7 Å². The van der Waals surface area contributed by atoms with E-state index >= 15 is 0 Å². The summed E-state index contributed by atoms with van der Waals surface area (Å²) in [5.41, 5.74) is 2.57. The molecule has 0 fully saturated rings. The maximum Gasteiger partial charge on any atom is 0.191 e. The van der Waals surface area contributed by atoms with Crippen LogP contribution in [0.5, 0.6) is 0 Å². The van der Waals surface area contributed by atoms with E-state index in [1.807, 2.05) is 0 Å². The number of benzene rings is 1. The molecule has 0 saturated heterocycles. The molecule has 0 saturated carbocycles. The van der Waals surface area contributed by atoms with Gasteiger partial charge in [-0.1, -0.05) is 24.3 Å². The molecule has 1 aromatic rings. The molecule has 1 aromatic carbocycles. The van der Waals surface area contributed by atoms with E-state index in [-0.39, 0.29) is 5.54 Å². The van der Waals surface area contributed by atoms with Gasteiger partial charge in [0.2, 0.25) is 0 Å². The Morgan fingerprint density at radius 2 is 1.89 bits per heavy atom. The first-order valence-corrected chi connectivity index (χ1v) is 6.53. The van der Waals surface area contributed by atoms with Crippen molar-refractivity contribution < 1.29 is 0 Å². The van der Waals surface area contributed by atoms with Crippen LogP contribution in [0.15, 0.2) is 29.3 Å². The summed E-state index contributed by atoms with van der Waals surface area (Å²) in [6.45, 7) is 12.2. The van der Waals surface area contributed by atoms with Crippen LogP contribution in [0, 0.1) is 6.92 Å². The Morgan fingerprint density at radius 1 is 1.22 bits per heavy atom. The van der Waals surface area contributed by atoms with Crippen LogP contribution in [0.2, 0.25) is 0 Å². The van der Waals surface area contributed by atoms with Gasteiger partial charge in [0.25, 0.3) is 0 Å². The molecule has 0 heterocycles. The van der Waals surface area contributed by atoms with Gasteiger partial charge in [0.15, 0.2) is 5.96 Å². The number of rotatable bonds is 3. The Bertz CT molecular complexity index is 402. The molecule has 0 radical (unpaired) electrons. The van der Waals surface area contributed by atoms with Crippen molar-refractivity contribution in [3.05, 3.63) is 35.4 Å². The summed E-state index contributed by atoms with van der Waals surface area (Å²) in [4.78, 5) is 4.62. The second kappa shape index (κ2) is 6.43. The first-order valence-electron chi connectivity index (χ1n) is 6.53. The Morgan fingerprint density at radius 3 is 2.44 bits per heavy atom. The molecule has 0 atom stereocenters. The predicted octanol–water partition coefficient (Wildman–Crippen LogP) is 2.85. The SMILES string of the molecule is CCNC(=NCc1ccccc1C)NC(C)(C)C. The van der Waals surface area contributed by atoms with Gasteiger partial charge < -0.3 is 10.6 Å². The highest BCUT2D eigenvalue weighted by Gasteiger charge is 2.11. The summed E-state index contributed by atoms with van der Waals surface area (Å²) >= 11 is 0. The first kappa shape index (κ1) is 14.6. The Hall–Kier alpha value is -1.51. The highest BCUT2D eigenvalue weighted by atomic mass is 15.2. The molecule has 0 unspecified atom stereocenters. The van der Waals surface area contributed by atoms with E-state index in [9.17, 15) is 0 Å². The molecule has 1 rings (SSSR count). The van der Waals surface area contributed by atoms with Crippen molar-refractivity contribution in [2.45, 2.75) is 46.7 Å². The molecular formula is C15H25N3. The molecule has 18 heavy (non-hydrogen) atoms. The average Bonchev–Trinajstić information content (AvgIpc) is 2.26. The summed E-state index contributed by atoms with van der Waals surface area (Å²) in [6, 6.07) is 8.36. The van der Waals surface area contributed by atoms with Gasteiger partial charge in [-0.3, -0.25) is 0 Å². The summed E-state index contributed by atoms with van der Waals surface area (Å²) in [5, 5.41) is 6.65. The third-order valence-corrected chi connectivity index (χ3v) is 2.51. The fourth-order valence-electron chi connectivity index (χ4n) is 1.61. The quantitative estimate of drug-likeness (QED) is 0.636. The lowest BCUT2D eigenvalue weighted by Crippen LogP contribution is -2.47. The third-order valence-electron chi connectivity index (χ3n) is 2.51. The molecule has 0 aliphatic rings. The molecular weight excluding hydrogens is 222 g/mol. The Labute approximate surface area is 111 Å². The number of aliphatic imine (C=N–C) groups is 1. The van der Waals surface area contributed by atoms with Crippen LogP contribution in [0.3, 0.4) is 0 Å². The normalized spacial score (nSPS) is 12.4. The van der Waals surface area contributed by atoms with E-state index in [1.54, 1.807) is 0 Å². The molecule has 0 spiro atoms. The van der Waals surface area contributed by atoms with E-state index in [4.69, 9.17) is 0 Å². The van der Waals surface area contributed by atoms with E-state index in [2.05, 4.69) is 74.5 Å². The van der Waals surface area contributed by atoms with Crippen molar-refractivity contribution in [1.29, 1.82) is 0 Å². The topological polar surface area (TPSA) is 36.4 Å². The van der Waals surface area contributed by atoms with Gasteiger partial charge in [0.05, 0.1) is 6.54 Å². The first-order chi connectivity index (χ1) is 8.42. The fourth-order valence-corrected chi connectivity index (χ4v) is 1.61. The smallest absolute Gasteiger partial charge is 0.191 e. The lowest BCUT2D eigenvalue weighted by Gasteiger charge is -2.23. The minimum atomic E-state index is 0.0206. The summed E-state index contributed by atoms with van der Waals surface area (Å²) in [5.74, 6) is 0.869. The molecule has 0 aliphatic carbocycles. The Kier molecular flexibility index (Phi) is 5.20. The minimum Gasteiger partial charge on any atom is -0.357 e. The van der Waals surface area contributed by atoms with Crippen LogP contribution in [0.4, 0.5) is 0 Å². The van der Waals surface area contributed by atoms with Gasteiger partial charge in [-0.25, -0.2) is 4.99 Å². The van der Waals surface area contributed by atoms with E-state index in [0.717, 1.165) is 12.5 Å². The number of hydrogen-bond acceptors (Lipinski definition) is 1. The van der Waals surface area contributed by atoms with Crippen LogP contribution < -0.4 is 10.6 Å². The van der Waals surface area contributed by atoms with Gasteiger partial charge in [0.1, 0.15) is 0 Å². The van der Waals surface area contributed by atoms with Crippen molar-refractivity contribution in [1.82, 2.24) is 10.6 Å². The lowest BCUT2D eigenvalue weighted by atomic mass is 10.1. The summed E-state index contributed by atoms with van der Waals surface area (Å²) < 4.78 is 0. The summed E-state index contributed by atoms with van der Waals surface area (Å²) in [7, 11) is 0. The number of aryl methyl sites for hydroxylation is 1. The molecule has 0 aliphatic heterocycles. The molecule has 3 nitrogen and oxygen atoms in total. The minimum absolute atomic E-state index is 0.0206. The fraction of sp³-hybridized carbons (Fsp3) is 0.533. The van der Waals surface area contributed by atoms with Crippen molar-refractivity contribution >= 4 is 5.96 Å². The van der Waals surface area contributed by atoms with Crippen LogP contribution in [0.1, 0.15) is 38.8 Å². The molecule has 0 aromatic heterocycles. The van der Waals surface area contributed by atoms with E-state index in [1.165, 1.54) is 11.1 Å². The van der Waals surface area contributed by atoms with Crippen LogP contribution in [-0.4, -0.2) is 18.0 Å². The Balaban J connectivity index is 2.74. The van der Waals surface area contributed by atoms with Crippen molar-refractivity contribution in [3.8, 4) is 0 Å². The zero-order valence-electron chi connectivity index (χ0n) is 12.2. The molecule has 3 heteroatoms. The zero-order valence-corrected chi connectivity index (χ0v) is 12.2. The van der Waals surface area contributed by atoms with Crippen molar-refractivity contribution in [2.24, 2.45) is 4.99 Å². The number of hydrogen-bond donors (Lipinski definition) is 2. The highest BCUT2D eigenvalue weighted by molar-refractivity contribution is 5.80.